The summed E-state index contributed by atoms with van der Waals surface area (Å²) in [6.45, 7) is 1.89. The molecule has 1 heterocycles. The van der Waals surface area contributed by atoms with E-state index < -0.39 is 0 Å². The van der Waals surface area contributed by atoms with Crippen LogP contribution in [-0.2, 0) is 0 Å². The van der Waals surface area contributed by atoms with Crippen LogP contribution in [0, 0.1) is 0 Å². The van der Waals surface area contributed by atoms with E-state index in [4.69, 9.17) is 26.8 Å². The zero-order valence-corrected chi connectivity index (χ0v) is 11.3. The molecular weight excluding hydrogens is 252 g/mol. The monoisotopic (exact) mass is 266 g/mol. The third-order valence-corrected chi connectivity index (χ3v) is 3.06. The molecule has 96 valence electrons. The van der Waals surface area contributed by atoms with Crippen LogP contribution < -0.4 is 15.2 Å². The van der Waals surface area contributed by atoms with Crippen LogP contribution in [0.2, 0.25) is 5.02 Å². The molecule has 0 amide bonds. The van der Waals surface area contributed by atoms with E-state index in [2.05, 4.69) is 4.98 Å². The smallest absolute Gasteiger partial charge is 0.218 e. The molecule has 1 atom stereocenters. The Morgan fingerprint density at radius 3 is 2.50 bits per heavy atom. The number of fused-ring (bicyclic) bond motifs is 1. The van der Waals surface area contributed by atoms with Crippen LogP contribution in [0.3, 0.4) is 0 Å². The van der Waals surface area contributed by atoms with Gasteiger partial charge in [-0.1, -0.05) is 11.6 Å². The molecule has 5 heteroatoms. The highest BCUT2D eigenvalue weighted by molar-refractivity contribution is 6.32. The van der Waals surface area contributed by atoms with Crippen LogP contribution in [0.5, 0.6) is 11.6 Å². The minimum atomic E-state index is -0.155. The van der Waals surface area contributed by atoms with Crippen LogP contribution in [-0.4, -0.2) is 19.2 Å². The van der Waals surface area contributed by atoms with Gasteiger partial charge in [0, 0.05) is 23.1 Å². The van der Waals surface area contributed by atoms with Crippen molar-refractivity contribution in [2.75, 3.05) is 14.2 Å². The number of hydrogen-bond donors (Lipinski definition) is 1. The molecule has 0 radical (unpaired) electrons. The van der Waals surface area contributed by atoms with Crippen molar-refractivity contribution in [1.29, 1.82) is 0 Å². The maximum absolute atomic E-state index is 6.09. The molecule has 0 unspecified atom stereocenters. The topological polar surface area (TPSA) is 57.4 Å². The highest BCUT2D eigenvalue weighted by Gasteiger charge is 2.13. The van der Waals surface area contributed by atoms with E-state index in [-0.39, 0.29) is 6.04 Å². The predicted molar refractivity (Wildman–Crippen MR) is 72.5 cm³/mol. The number of nitrogens with zero attached hydrogens (tertiary/aromatic N) is 1. The van der Waals surface area contributed by atoms with Gasteiger partial charge in [0.25, 0.3) is 0 Å². The van der Waals surface area contributed by atoms with E-state index in [1.54, 1.807) is 20.3 Å². The Kier molecular flexibility index (Phi) is 3.59. The van der Waals surface area contributed by atoms with Crippen molar-refractivity contribution < 1.29 is 9.47 Å². The summed E-state index contributed by atoms with van der Waals surface area (Å²) < 4.78 is 10.4. The van der Waals surface area contributed by atoms with Crippen LogP contribution in [0.1, 0.15) is 18.5 Å². The Balaban J connectivity index is 2.71. The molecule has 0 fully saturated rings. The summed E-state index contributed by atoms with van der Waals surface area (Å²) in [5.74, 6) is 1.12. The van der Waals surface area contributed by atoms with Gasteiger partial charge in [0.2, 0.25) is 5.88 Å². The lowest BCUT2D eigenvalue weighted by Gasteiger charge is -2.13. The molecule has 0 saturated carbocycles. The molecule has 0 aliphatic heterocycles. The zero-order valence-electron chi connectivity index (χ0n) is 10.5. The Morgan fingerprint density at radius 1 is 1.22 bits per heavy atom. The van der Waals surface area contributed by atoms with Gasteiger partial charge in [0.05, 0.1) is 24.8 Å². The van der Waals surface area contributed by atoms with Gasteiger partial charge in [-0.15, -0.1) is 0 Å². The molecule has 0 bridgehead atoms. The highest BCUT2D eigenvalue weighted by atomic mass is 35.5. The fraction of sp³-hybridized carbons (Fsp3) is 0.308. The van der Waals surface area contributed by atoms with Gasteiger partial charge in [-0.05, 0) is 19.1 Å². The predicted octanol–water partition coefficient (Wildman–Crippen LogP) is 2.93. The molecule has 1 aromatic carbocycles. The van der Waals surface area contributed by atoms with Crippen LogP contribution in [0.25, 0.3) is 10.9 Å². The quantitative estimate of drug-likeness (QED) is 0.928. The van der Waals surface area contributed by atoms with Gasteiger partial charge in [-0.2, -0.15) is 0 Å². The van der Waals surface area contributed by atoms with Crippen molar-refractivity contribution >= 4 is 22.5 Å². The number of ether oxygens (including phenoxy) is 2. The molecule has 0 aliphatic carbocycles. The second-order valence-corrected chi connectivity index (χ2v) is 4.46. The Hall–Kier alpha value is -1.52. The Bertz CT molecular complexity index is 585. The molecule has 18 heavy (non-hydrogen) atoms. The first kappa shape index (κ1) is 12.9. The van der Waals surface area contributed by atoms with Crippen molar-refractivity contribution in [3.63, 3.8) is 0 Å². The standard InChI is InChI=1S/C13H15ClN2O2/c1-7(15)9-4-8-5-10(14)12(17-2)6-11(8)16-13(9)18-3/h4-7H,15H2,1-3H3/t7-/m0/s1. The van der Waals surface area contributed by atoms with Crippen LogP contribution in [0.15, 0.2) is 18.2 Å². The van der Waals surface area contributed by atoms with E-state index in [0.29, 0.717) is 16.7 Å². The van der Waals surface area contributed by atoms with Gasteiger partial charge in [-0.25, -0.2) is 4.98 Å². The lowest BCUT2D eigenvalue weighted by Crippen LogP contribution is -2.08. The van der Waals surface area contributed by atoms with E-state index >= 15 is 0 Å². The number of halogens is 1. The third-order valence-electron chi connectivity index (χ3n) is 2.76. The SMILES string of the molecule is COc1cc2nc(OC)c([C@H](C)N)cc2cc1Cl. The molecule has 0 spiro atoms. The molecule has 1 aromatic heterocycles. The summed E-state index contributed by atoms with van der Waals surface area (Å²) in [6.07, 6.45) is 0. The number of methoxy groups -OCH3 is 2. The number of rotatable bonds is 3. The maximum atomic E-state index is 6.09. The highest BCUT2D eigenvalue weighted by Crippen LogP contribution is 2.32. The zero-order chi connectivity index (χ0) is 13.3. The normalized spacial score (nSPS) is 12.5. The molecule has 2 aromatic rings. The summed E-state index contributed by atoms with van der Waals surface area (Å²) in [4.78, 5) is 4.42. The van der Waals surface area contributed by atoms with Crippen molar-refractivity contribution in [3.8, 4) is 11.6 Å². The minimum absolute atomic E-state index is 0.155. The summed E-state index contributed by atoms with van der Waals surface area (Å²) in [5, 5.41) is 1.46. The lowest BCUT2D eigenvalue weighted by molar-refractivity contribution is 0.391. The second-order valence-electron chi connectivity index (χ2n) is 4.06. The summed E-state index contributed by atoms with van der Waals surface area (Å²) in [5.41, 5.74) is 7.51. The van der Waals surface area contributed by atoms with Gasteiger partial charge in [0.1, 0.15) is 5.75 Å². The number of nitrogens with two attached hydrogens (primary N) is 1. The first-order chi connectivity index (χ1) is 8.56. The van der Waals surface area contributed by atoms with Crippen molar-refractivity contribution in [1.82, 2.24) is 4.98 Å². The molecular formula is C13H15ClN2O2. The van der Waals surface area contributed by atoms with E-state index in [1.165, 1.54) is 0 Å². The van der Waals surface area contributed by atoms with Gasteiger partial charge < -0.3 is 15.2 Å². The van der Waals surface area contributed by atoms with E-state index in [1.807, 2.05) is 19.1 Å². The fourth-order valence-corrected chi connectivity index (χ4v) is 2.07. The number of hydrogen-bond acceptors (Lipinski definition) is 4. The second kappa shape index (κ2) is 5.00. The molecule has 0 aliphatic rings. The number of aromatic nitrogens is 1. The summed E-state index contributed by atoms with van der Waals surface area (Å²) in [6, 6.07) is 5.38. The first-order valence-electron chi connectivity index (χ1n) is 5.54. The van der Waals surface area contributed by atoms with E-state index in [9.17, 15) is 0 Å². The van der Waals surface area contributed by atoms with Crippen molar-refractivity contribution in [2.24, 2.45) is 5.73 Å². The molecule has 4 nitrogen and oxygen atoms in total. The average molecular weight is 267 g/mol. The van der Waals surface area contributed by atoms with Crippen molar-refractivity contribution in [2.45, 2.75) is 13.0 Å². The number of pyridine rings is 1. The van der Waals surface area contributed by atoms with Gasteiger partial charge >= 0.3 is 0 Å². The fourth-order valence-electron chi connectivity index (χ4n) is 1.82. The minimum Gasteiger partial charge on any atom is -0.495 e. The van der Waals surface area contributed by atoms with Gasteiger partial charge in [0.15, 0.2) is 0 Å². The lowest BCUT2D eigenvalue weighted by atomic mass is 10.1. The number of benzene rings is 1. The average Bonchev–Trinajstić information content (AvgIpc) is 2.36. The summed E-state index contributed by atoms with van der Waals surface area (Å²) in [7, 11) is 3.15. The van der Waals surface area contributed by atoms with E-state index in [0.717, 1.165) is 16.5 Å². The molecule has 2 N–H and O–H groups in total. The van der Waals surface area contributed by atoms with Crippen LogP contribution >= 0.6 is 11.6 Å². The van der Waals surface area contributed by atoms with Crippen LogP contribution in [0.4, 0.5) is 0 Å². The Morgan fingerprint density at radius 2 is 1.94 bits per heavy atom. The molecule has 2 rings (SSSR count). The largest absolute Gasteiger partial charge is 0.495 e. The van der Waals surface area contributed by atoms with Gasteiger partial charge in [-0.3, -0.25) is 0 Å². The molecule has 0 saturated heterocycles. The maximum Gasteiger partial charge on any atom is 0.218 e. The summed E-state index contributed by atoms with van der Waals surface area (Å²) >= 11 is 6.09. The first-order valence-corrected chi connectivity index (χ1v) is 5.92. The Labute approximate surface area is 111 Å². The third kappa shape index (κ3) is 2.21. The van der Waals surface area contributed by atoms with Crippen molar-refractivity contribution in [3.05, 3.63) is 28.8 Å².